The molecule has 12 amide bonds. The van der Waals surface area contributed by atoms with Crippen molar-refractivity contribution >= 4 is 152 Å². The lowest BCUT2D eigenvalue weighted by Gasteiger charge is -2.45. The molecule has 4 fully saturated rings. The number of likely N-dealkylation sites (N-methyl/N-ethyl adjacent to an activating group) is 4. The number of carbonyl (C=O) groups excluding carboxylic acids is 16. The highest BCUT2D eigenvalue weighted by atomic mass is 35.5. The van der Waals surface area contributed by atoms with Gasteiger partial charge in [0.25, 0.3) is 94.1 Å². The van der Waals surface area contributed by atoms with E-state index in [0.717, 1.165) is 22.3 Å². The van der Waals surface area contributed by atoms with Crippen LogP contribution in [0.15, 0.2) is 72.8 Å². The molecular weight excluding hydrogens is 1980 g/mol. The molecule has 0 bridgehead atoms. The molecule has 146 heavy (non-hydrogen) atoms. The number of rotatable bonds is 24. The molecule has 4 aliphatic heterocycles. The first-order valence-corrected chi connectivity index (χ1v) is 47.7. The maximum absolute atomic E-state index is 13.7. The Bertz CT molecular complexity index is 6400. The molecule has 12 N–H and O–H groups in total. The van der Waals surface area contributed by atoms with Crippen LogP contribution in [0.25, 0.3) is 0 Å². The lowest BCUT2D eigenvalue weighted by molar-refractivity contribution is -0.164. The van der Waals surface area contributed by atoms with Gasteiger partial charge in [-0.15, -0.1) is 0 Å². The second-order valence-electron chi connectivity index (χ2n) is 38.7. The predicted octanol–water partition coefficient (Wildman–Crippen LogP) is 14.8. The van der Waals surface area contributed by atoms with Gasteiger partial charge in [-0.05, 0) is 227 Å². The fourth-order valence-corrected chi connectivity index (χ4v) is 21.4. The number of halogens is 11. The summed E-state index contributed by atoms with van der Waals surface area (Å²) in [7, 11) is 5.08. The average molecular weight is 2090 g/mol. The number of nitrogens with zero attached hydrogens (tertiary/aromatic N) is 5. The minimum Gasteiger partial charge on any atom is -0.357 e. The Hall–Kier alpha value is -13.9. The predicted molar refractivity (Wildman–Crippen MR) is 526 cm³/mol. The van der Waals surface area contributed by atoms with Crippen LogP contribution in [0.5, 0.6) is 0 Å². The number of alkyl halides is 8. The van der Waals surface area contributed by atoms with Crippen molar-refractivity contribution in [2.24, 2.45) is 0 Å². The molecule has 8 aromatic rings. The van der Waals surface area contributed by atoms with Crippen LogP contribution in [-0.2, 0) is 64.0 Å². The number of nitrogens with one attached hydrogen (secondary N) is 12. The van der Waals surface area contributed by atoms with Crippen LogP contribution < -0.4 is 63.8 Å². The van der Waals surface area contributed by atoms with Crippen LogP contribution in [0.3, 0.4) is 0 Å². The fraction of sp³-hybridized carbons (Fsp3) is 0.441. The Balaban J connectivity index is 0.000000173. The van der Waals surface area contributed by atoms with Crippen LogP contribution in [0.1, 0.15) is 293 Å². The van der Waals surface area contributed by atoms with Crippen molar-refractivity contribution in [3.63, 3.8) is 0 Å². The molecule has 0 radical (unpaired) electrons. The summed E-state index contributed by atoms with van der Waals surface area (Å²) in [5.41, 5.74) is 2.46. The number of Topliss-reactive ketones (excluding diaryl/α,β-unsaturated/α-hetero) is 4. The molecule has 4 aliphatic carbocycles. The number of fused-ring (bicyclic) bond motifs is 4. The molecule has 44 heteroatoms. The number of anilines is 4. The number of ketones is 4. The highest BCUT2D eigenvalue weighted by Crippen LogP contribution is 2.51. The van der Waals surface area contributed by atoms with Gasteiger partial charge >= 0.3 is 0 Å². The molecule has 33 nitrogen and oxygen atoms in total. The monoisotopic (exact) mass is 2090 g/mol. The number of amides is 12. The van der Waals surface area contributed by atoms with E-state index in [2.05, 4.69) is 69.9 Å². The van der Waals surface area contributed by atoms with Crippen molar-refractivity contribution < 1.29 is 112 Å². The largest absolute Gasteiger partial charge is 0.357 e. The van der Waals surface area contributed by atoms with Crippen molar-refractivity contribution in [3.05, 3.63) is 206 Å². The highest BCUT2D eigenvalue weighted by Gasteiger charge is 2.66. The standard InChI is InChI=1S/C26H27F2N5O4.3C25H27ClF2N4O4.CH4/c1-13-5-7-17(9-16(13)10-29)31-22(35)20-15(3)19(18-8-6-14(2)33(18)20)21(34)23(36)32-25(24(37)30-4)11-26(27,28)12-25;3*1-12-5-7-15(9-16(12)26)30-21(34)19-14(3)18(17-8-6-13(2)32(17)19)20(33)22(35)31-24(23(36)29-4)10-25(27,28)11-24;/h5,7,9,14H,6,8,11-12H2,1-4H3,(H,30,37)(H,31,35)(H,32,36);3*5,7,9,13H,6,8,10-11H2,1-4H3,(H,29,36)(H,30,34)(H,31,35);1H4/t;2*13-;;/m.10../s1. The van der Waals surface area contributed by atoms with E-state index in [1.54, 1.807) is 126 Å². The van der Waals surface area contributed by atoms with Crippen LogP contribution in [0, 0.1) is 66.7 Å². The summed E-state index contributed by atoms with van der Waals surface area (Å²) in [6.07, 6.45) is -2.76. The molecule has 4 saturated carbocycles. The number of aromatic nitrogens is 4. The minimum absolute atomic E-state index is 0. The summed E-state index contributed by atoms with van der Waals surface area (Å²) in [5, 5.41) is 40.0. The van der Waals surface area contributed by atoms with E-state index in [9.17, 15) is 117 Å². The number of nitriles is 1. The summed E-state index contributed by atoms with van der Waals surface area (Å²) in [6, 6.07) is 21.8. The lowest BCUT2D eigenvalue weighted by atomic mass is 9.72. The summed E-state index contributed by atoms with van der Waals surface area (Å²) >= 11 is 18.5. The number of hydrogen-bond acceptors (Lipinski definition) is 17. The van der Waals surface area contributed by atoms with E-state index in [-0.39, 0.29) is 82.2 Å². The minimum atomic E-state index is -3.13. The summed E-state index contributed by atoms with van der Waals surface area (Å²) in [5.74, 6) is -26.2. The normalized spacial score (nSPS) is 18.9. The summed E-state index contributed by atoms with van der Waals surface area (Å²) in [6.45, 7) is 21.1. The second kappa shape index (κ2) is 41.6. The zero-order valence-electron chi connectivity index (χ0n) is 82.0. The first-order chi connectivity index (χ1) is 67.7. The number of carbonyl (C=O) groups is 16. The van der Waals surface area contributed by atoms with Crippen molar-refractivity contribution in [2.45, 2.75) is 263 Å². The maximum Gasteiger partial charge on any atom is 0.293 e. The van der Waals surface area contributed by atoms with Crippen molar-refractivity contribution in [3.8, 4) is 6.07 Å². The van der Waals surface area contributed by atoms with Gasteiger partial charge in [-0.25, -0.2) is 35.1 Å². The maximum atomic E-state index is 13.7. The Morgan fingerprint density at radius 2 is 0.514 bits per heavy atom. The third-order valence-corrected chi connectivity index (χ3v) is 29.4. The molecule has 2 unspecified atom stereocenters. The average Bonchev–Trinajstić information content (AvgIpc) is 1.71. The number of hydrogen-bond donors (Lipinski definition) is 12. The van der Waals surface area contributed by atoms with Gasteiger partial charge in [0.2, 0.25) is 23.6 Å². The zero-order chi connectivity index (χ0) is 107. The van der Waals surface area contributed by atoms with Gasteiger partial charge in [0, 0.05) is 164 Å². The first kappa shape index (κ1) is 111. The molecule has 16 rings (SSSR count). The number of benzene rings is 4. The van der Waals surface area contributed by atoms with Crippen LogP contribution in [-0.4, -0.2) is 186 Å². The first-order valence-electron chi connectivity index (χ1n) is 46.6. The van der Waals surface area contributed by atoms with Gasteiger partial charge in [0.15, 0.2) is 0 Å². The van der Waals surface area contributed by atoms with E-state index in [0.29, 0.717) is 134 Å². The smallest absolute Gasteiger partial charge is 0.293 e. The quantitative estimate of drug-likeness (QED) is 0.0152. The van der Waals surface area contributed by atoms with Gasteiger partial charge in [0.05, 0.1) is 33.9 Å². The topological polar surface area (TPSA) is 461 Å². The van der Waals surface area contributed by atoms with E-state index >= 15 is 0 Å². The van der Waals surface area contributed by atoms with Gasteiger partial charge < -0.3 is 82.1 Å². The molecular formula is C102H112Cl3F8N17O16. The SMILES string of the molecule is C.CNC(=O)C1(NC(=O)C(=O)c2c(C)c(C(=O)Nc3ccc(C)c(C#N)c3)n3c2CCC3C)CC(F)(F)C1.CNC(=O)C1(NC(=O)C(=O)c2c(C)c(C(=O)Nc3ccc(C)c(Cl)c3)n3c2CCC3C)CC(F)(F)C1.CNC(=O)C1(NC(=O)C(=O)c2c(C)c(C(=O)Nc3ccc(C)c(Cl)c3)n3c2CC[C@@H]3C)CC(F)(F)C1.CNC(=O)C1(NC(=O)C(=O)c2c(C)c(C(=O)Nc3ccc(C)c(Cl)c3)n3c2CC[C@H]3C)CC(F)(F)C1. The molecule has 778 valence electrons. The third-order valence-electron chi connectivity index (χ3n) is 28.2. The second-order valence-corrected chi connectivity index (χ2v) is 39.9. The molecule has 8 heterocycles. The molecule has 4 aromatic carbocycles. The molecule has 0 saturated heterocycles. The summed E-state index contributed by atoms with van der Waals surface area (Å²) < 4.78 is 116. The van der Waals surface area contributed by atoms with Gasteiger partial charge in [0.1, 0.15) is 44.9 Å². The van der Waals surface area contributed by atoms with E-state index in [4.69, 9.17) is 34.8 Å². The zero-order valence-corrected chi connectivity index (χ0v) is 84.2. The van der Waals surface area contributed by atoms with Crippen molar-refractivity contribution in [1.82, 2.24) is 60.8 Å². The Labute approximate surface area is 849 Å². The van der Waals surface area contributed by atoms with Gasteiger partial charge in [-0.1, -0.05) is 66.5 Å². The van der Waals surface area contributed by atoms with Gasteiger partial charge in [-0.3, -0.25) is 76.7 Å². The Kier molecular flexibility index (Phi) is 31.6. The Morgan fingerprint density at radius 1 is 0.322 bits per heavy atom. The van der Waals surface area contributed by atoms with Crippen LogP contribution in [0.4, 0.5) is 57.9 Å². The third kappa shape index (κ3) is 21.2. The van der Waals surface area contributed by atoms with Crippen LogP contribution in [0.2, 0.25) is 15.1 Å². The van der Waals surface area contributed by atoms with E-state index < -0.39 is 191 Å². The van der Waals surface area contributed by atoms with E-state index in [1.165, 1.54) is 28.2 Å². The molecule has 8 aliphatic rings. The van der Waals surface area contributed by atoms with E-state index in [1.807, 2.05) is 48.5 Å². The lowest BCUT2D eigenvalue weighted by Crippen LogP contribution is -2.69. The number of aryl methyl sites for hydroxylation is 4. The van der Waals surface area contributed by atoms with Gasteiger partial charge in [-0.2, -0.15) is 5.26 Å². The molecule has 4 aromatic heterocycles. The molecule has 0 spiro atoms. The van der Waals surface area contributed by atoms with Crippen molar-refractivity contribution in [1.29, 1.82) is 5.26 Å². The van der Waals surface area contributed by atoms with Crippen molar-refractivity contribution in [2.75, 3.05) is 49.5 Å². The molecule has 4 atom stereocenters. The summed E-state index contributed by atoms with van der Waals surface area (Å²) in [4.78, 5) is 207. The van der Waals surface area contributed by atoms with Crippen LogP contribution >= 0.6 is 34.8 Å². The Morgan fingerprint density at radius 3 is 0.692 bits per heavy atom. The highest BCUT2D eigenvalue weighted by molar-refractivity contribution is 6.46. The fourth-order valence-electron chi connectivity index (χ4n) is 20.9.